The zero-order valence-corrected chi connectivity index (χ0v) is 17.1. The quantitative estimate of drug-likeness (QED) is 0.565. The fourth-order valence-electron chi connectivity index (χ4n) is 3.82. The molecule has 29 heavy (non-hydrogen) atoms. The number of carbonyl (C=O) groups excluding carboxylic acids is 2. The van der Waals surface area contributed by atoms with Gasteiger partial charge in [-0.1, -0.05) is 12.7 Å². The van der Waals surface area contributed by atoms with Crippen molar-refractivity contribution >= 4 is 11.8 Å². The normalized spacial score (nSPS) is 15.4. The van der Waals surface area contributed by atoms with Gasteiger partial charge in [-0.25, -0.2) is 4.79 Å². The Hall–Kier alpha value is -3.22. The molecule has 0 saturated heterocycles. The molecular formula is C22H25NO6. The first-order chi connectivity index (χ1) is 13.9. The van der Waals surface area contributed by atoms with Crippen LogP contribution >= 0.6 is 0 Å². The first-order valence-corrected chi connectivity index (χ1v) is 9.27. The number of H-pyrrole nitrogens is 1. The number of Topliss-reactive ketones (excluding diaryl/α,β-unsaturated/α-hetero) is 1. The highest BCUT2D eigenvalue weighted by atomic mass is 16.5. The molecule has 0 unspecified atom stereocenters. The Morgan fingerprint density at radius 2 is 1.83 bits per heavy atom. The Balaban J connectivity index is 1.97. The fourth-order valence-corrected chi connectivity index (χ4v) is 3.82. The number of fused-ring (bicyclic) bond motifs is 1. The van der Waals surface area contributed by atoms with Gasteiger partial charge >= 0.3 is 5.97 Å². The van der Waals surface area contributed by atoms with Crippen LogP contribution in [-0.4, -0.2) is 44.7 Å². The van der Waals surface area contributed by atoms with Gasteiger partial charge in [0.2, 0.25) is 5.75 Å². The molecule has 1 heterocycles. The molecule has 0 saturated carbocycles. The topological polar surface area (TPSA) is 86.9 Å². The smallest absolute Gasteiger partial charge is 0.355 e. The van der Waals surface area contributed by atoms with E-state index in [9.17, 15) is 9.59 Å². The Bertz CT molecular complexity index is 933. The molecule has 0 aliphatic heterocycles. The van der Waals surface area contributed by atoms with Gasteiger partial charge in [0.1, 0.15) is 12.3 Å². The minimum absolute atomic E-state index is 0.0125. The van der Waals surface area contributed by atoms with Crippen molar-refractivity contribution in [3.8, 4) is 17.2 Å². The van der Waals surface area contributed by atoms with Crippen LogP contribution in [0, 0.1) is 6.92 Å². The monoisotopic (exact) mass is 399 g/mol. The number of esters is 1. The minimum atomic E-state index is -0.492. The molecule has 1 N–H and O–H groups in total. The molecular weight excluding hydrogens is 374 g/mol. The number of rotatable bonds is 7. The van der Waals surface area contributed by atoms with Gasteiger partial charge in [-0.05, 0) is 42.5 Å². The first-order valence-electron chi connectivity index (χ1n) is 9.27. The predicted octanol–water partition coefficient (Wildman–Crippen LogP) is 3.60. The second-order valence-corrected chi connectivity index (χ2v) is 6.85. The van der Waals surface area contributed by atoms with Crippen molar-refractivity contribution in [1.82, 2.24) is 4.98 Å². The molecule has 7 heteroatoms. The summed E-state index contributed by atoms with van der Waals surface area (Å²) in [5, 5.41) is 0. The number of nitrogens with one attached hydrogen (secondary N) is 1. The largest absolute Gasteiger partial charge is 0.493 e. The third-order valence-electron chi connectivity index (χ3n) is 5.18. The molecule has 154 valence electrons. The third-order valence-corrected chi connectivity index (χ3v) is 5.18. The molecule has 1 aliphatic rings. The Kier molecular flexibility index (Phi) is 5.96. The van der Waals surface area contributed by atoms with Gasteiger partial charge in [-0.2, -0.15) is 0 Å². The van der Waals surface area contributed by atoms with Crippen molar-refractivity contribution in [2.24, 2.45) is 0 Å². The summed E-state index contributed by atoms with van der Waals surface area (Å²) in [5.41, 5.74) is 3.17. The maximum atomic E-state index is 12.9. The van der Waals surface area contributed by atoms with Gasteiger partial charge in [0.05, 0.1) is 21.3 Å². The average molecular weight is 399 g/mol. The van der Waals surface area contributed by atoms with E-state index in [4.69, 9.17) is 18.9 Å². The SMILES string of the molecule is C=CCOC(=O)c1[nH]c2c(c1C)C(=O)C[C@H](c1cc(OC)c(OC)c(OC)c1)C2. The summed E-state index contributed by atoms with van der Waals surface area (Å²) < 4.78 is 21.4. The molecule has 1 aromatic carbocycles. The number of methoxy groups -OCH3 is 3. The number of aromatic amines is 1. The number of hydrogen-bond acceptors (Lipinski definition) is 6. The van der Waals surface area contributed by atoms with Crippen LogP contribution in [0.5, 0.6) is 17.2 Å². The molecule has 0 fully saturated rings. The molecule has 0 radical (unpaired) electrons. The summed E-state index contributed by atoms with van der Waals surface area (Å²) in [6.45, 7) is 5.42. The van der Waals surface area contributed by atoms with E-state index < -0.39 is 5.97 Å². The maximum Gasteiger partial charge on any atom is 0.355 e. The van der Waals surface area contributed by atoms with Crippen LogP contribution in [-0.2, 0) is 11.2 Å². The molecule has 2 aromatic rings. The second kappa shape index (κ2) is 8.43. The van der Waals surface area contributed by atoms with E-state index in [1.54, 1.807) is 28.3 Å². The van der Waals surface area contributed by atoms with Crippen molar-refractivity contribution in [3.63, 3.8) is 0 Å². The highest BCUT2D eigenvalue weighted by molar-refractivity contribution is 6.03. The van der Waals surface area contributed by atoms with Crippen LogP contribution in [0.15, 0.2) is 24.8 Å². The lowest BCUT2D eigenvalue weighted by molar-refractivity contribution is 0.0542. The van der Waals surface area contributed by atoms with Gasteiger partial charge < -0.3 is 23.9 Å². The molecule has 7 nitrogen and oxygen atoms in total. The first kappa shape index (κ1) is 20.5. The standard InChI is InChI=1S/C22H25NO6/c1-6-7-29-22(25)20-12(2)19-15(23-20)8-13(9-16(19)24)14-10-17(26-3)21(28-5)18(11-14)27-4/h6,10-11,13,23H,1,7-9H2,2-5H3/t13-/m1/s1. The summed E-state index contributed by atoms with van der Waals surface area (Å²) in [6.07, 6.45) is 2.41. The van der Waals surface area contributed by atoms with Crippen LogP contribution in [0.4, 0.5) is 0 Å². The highest BCUT2D eigenvalue weighted by Crippen LogP contribution is 2.43. The molecule has 0 spiro atoms. The number of aromatic nitrogens is 1. The van der Waals surface area contributed by atoms with Crippen LogP contribution in [0.1, 0.15) is 50.0 Å². The van der Waals surface area contributed by atoms with E-state index in [2.05, 4.69) is 11.6 Å². The molecule has 1 atom stereocenters. The minimum Gasteiger partial charge on any atom is -0.493 e. The van der Waals surface area contributed by atoms with Crippen LogP contribution in [0.2, 0.25) is 0 Å². The number of hydrogen-bond donors (Lipinski definition) is 1. The van der Waals surface area contributed by atoms with Crippen molar-refractivity contribution in [3.05, 3.63) is 52.9 Å². The third kappa shape index (κ3) is 3.72. The van der Waals surface area contributed by atoms with Crippen LogP contribution < -0.4 is 14.2 Å². The maximum absolute atomic E-state index is 12.9. The van der Waals surface area contributed by atoms with E-state index in [1.807, 2.05) is 12.1 Å². The van der Waals surface area contributed by atoms with Gasteiger partial charge in [-0.15, -0.1) is 0 Å². The Morgan fingerprint density at radius 1 is 1.17 bits per heavy atom. The molecule has 1 aromatic heterocycles. The summed E-state index contributed by atoms with van der Waals surface area (Å²) in [4.78, 5) is 28.3. The van der Waals surface area contributed by atoms with Crippen LogP contribution in [0.3, 0.4) is 0 Å². The van der Waals surface area contributed by atoms with Crippen LogP contribution in [0.25, 0.3) is 0 Å². The Morgan fingerprint density at radius 3 is 2.38 bits per heavy atom. The van der Waals surface area contributed by atoms with E-state index in [-0.39, 0.29) is 18.3 Å². The summed E-state index contributed by atoms with van der Waals surface area (Å²) >= 11 is 0. The van der Waals surface area contributed by atoms with Gasteiger partial charge in [-0.3, -0.25) is 4.79 Å². The van der Waals surface area contributed by atoms with Gasteiger partial charge in [0, 0.05) is 17.7 Å². The lowest BCUT2D eigenvalue weighted by atomic mass is 9.81. The molecule has 1 aliphatic carbocycles. The Labute approximate surface area is 169 Å². The molecule has 0 amide bonds. The average Bonchev–Trinajstić information content (AvgIpc) is 3.07. The number of carbonyl (C=O) groups is 2. The number of benzene rings is 1. The summed E-state index contributed by atoms with van der Waals surface area (Å²) in [7, 11) is 4.66. The zero-order chi connectivity index (χ0) is 21.1. The van der Waals surface area contributed by atoms with E-state index >= 15 is 0 Å². The predicted molar refractivity (Wildman–Crippen MR) is 107 cm³/mol. The summed E-state index contributed by atoms with van der Waals surface area (Å²) in [6, 6.07) is 3.72. The number of ketones is 1. The van der Waals surface area contributed by atoms with E-state index in [1.165, 1.54) is 6.08 Å². The van der Waals surface area contributed by atoms with E-state index in [0.29, 0.717) is 46.9 Å². The number of ether oxygens (including phenoxy) is 4. The lowest BCUT2D eigenvalue weighted by Crippen LogP contribution is -2.19. The van der Waals surface area contributed by atoms with Crippen molar-refractivity contribution < 1.29 is 28.5 Å². The second-order valence-electron chi connectivity index (χ2n) is 6.85. The molecule has 3 rings (SSSR count). The summed E-state index contributed by atoms with van der Waals surface area (Å²) in [5.74, 6) is 0.992. The van der Waals surface area contributed by atoms with E-state index in [0.717, 1.165) is 11.3 Å². The zero-order valence-electron chi connectivity index (χ0n) is 17.1. The van der Waals surface area contributed by atoms with Gasteiger partial charge in [0.15, 0.2) is 17.3 Å². The lowest BCUT2D eigenvalue weighted by Gasteiger charge is -2.24. The fraction of sp³-hybridized carbons (Fsp3) is 0.364. The molecule has 0 bridgehead atoms. The van der Waals surface area contributed by atoms with Crippen molar-refractivity contribution in [2.45, 2.75) is 25.7 Å². The van der Waals surface area contributed by atoms with Crippen molar-refractivity contribution in [1.29, 1.82) is 0 Å². The highest BCUT2D eigenvalue weighted by Gasteiger charge is 2.33. The van der Waals surface area contributed by atoms with Gasteiger partial charge in [0.25, 0.3) is 0 Å². The van der Waals surface area contributed by atoms with Crippen molar-refractivity contribution in [2.75, 3.05) is 27.9 Å².